The largest absolute Gasteiger partial charge is 0.471 e. The molecule has 27 heavy (non-hydrogen) atoms. The van der Waals surface area contributed by atoms with Crippen molar-refractivity contribution in [1.29, 1.82) is 0 Å². The monoisotopic (exact) mass is 384 g/mol. The normalized spacial score (nSPS) is 23.1. The SMILES string of the molecule is O=C(O)N1CCC(CCN(C(=O)C(F)(F)F)[C@@H]2C[C@H]2c2ccccc2)CC1. The van der Waals surface area contributed by atoms with Crippen molar-refractivity contribution >= 4 is 12.0 Å². The Kier molecular flexibility index (Phi) is 5.62. The second kappa shape index (κ2) is 7.78. The molecule has 2 aliphatic rings. The minimum atomic E-state index is -4.88. The van der Waals surface area contributed by atoms with Crippen LogP contribution in [0.4, 0.5) is 18.0 Å². The van der Waals surface area contributed by atoms with Crippen LogP contribution in [0.1, 0.15) is 37.2 Å². The first kappa shape index (κ1) is 19.5. The average molecular weight is 384 g/mol. The van der Waals surface area contributed by atoms with Crippen molar-refractivity contribution in [1.82, 2.24) is 9.80 Å². The molecule has 8 heteroatoms. The number of rotatable bonds is 5. The van der Waals surface area contributed by atoms with Crippen LogP contribution < -0.4 is 0 Å². The number of alkyl halides is 3. The van der Waals surface area contributed by atoms with Gasteiger partial charge in [-0.05, 0) is 37.2 Å². The number of carbonyl (C=O) groups is 2. The molecule has 1 N–H and O–H groups in total. The Hall–Kier alpha value is -2.25. The number of carboxylic acid groups (broad SMARTS) is 1. The van der Waals surface area contributed by atoms with E-state index >= 15 is 0 Å². The van der Waals surface area contributed by atoms with E-state index in [0.717, 1.165) is 10.5 Å². The van der Waals surface area contributed by atoms with Gasteiger partial charge in [0.15, 0.2) is 0 Å². The molecule has 0 radical (unpaired) electrons. The molecule has 1 aliphatic carbocycles. The molecule has 3 rings (SSSR count). The van der Waals surface area contributed by atoms with Crippen molar-refractivity contribution < 1.29 is 27.9 Å². The summed E-state index contributed by atoms with van der Waals surface area (Å²) in [5.41, 5.74) is 0.956. The highest BCUT2D eigenvalue weighted by Gasteiger charge is 2.51. The summed E-state index contributed by atoms with van der Waals surface area (Å²) >= 11 is 0. The predicted molar refractivity (Wildman–Crippen MR) is 92.3 cm³/mol. The van der Waals surface area contributed by atoms with E-state index in [9.17, 15) is 22.8 Å². The first-order valence-electron chi connectivity index (χ1n) is 9.18. The number of likely N-dealkylation sites (tertiary alicyclic amines) is 1. The average Bonchev–Trinajstić information content (AvgIpc) is 3.42. The number of halogens is 3. The molecule has 1 heterocycles. The summed E-state index contributed by atoms with van der Waals surface area (Å²) in [4.78, 5) is 25.2. The molecule has 148 valence electrons. The molecule has 1 aromatic rings. The number of nitrogens with zero attached hydrogens (tertiary/aromatic N) is 2. The molecule has 2 fully saturated rings. The lowest BCUT2D eigenvalue weighted by molar-refractivity contribution is -0.186. The Morgan fingerprint density at radius 1 is 1.15 bits per heavy atom. The summed E-state index contributed by atoms with van der Waals surface area (Å²) in [5, 5.41) is 8.97. The maximum Gasteiger partial charge on any atom is 0.471 e. The van der Waals surface area contributed by atoms with Crippen LogP contribution in [0.5, 0.6) is 0 Å². The van der Waals surface area contributed by atoms with Crippen molar-refractivity contribution in [3.05, 3.63) is 35.9 Å². The van der Waals surface area contributed by atoms with E-state index in [1.54, 1.807) is 0 Å². The molecule has 2 amide bonds. The molecule has 1 aliphatic heterocycles. The minimum Gasteiger partial charge on any atom is -0.465 e. The van der Waals surface area contributed by atoms with E-state index in [4.69, 9.17) is 5.11 Å². The van der Waals surface area contributed by atoms with Gasteiger partial charge in [-0.3, -0.25) is 4.79 Å². The second-order valence-corrected chi connectivity index (χ2v) is 7.32. The van der Waals surface area contributed by atoms with Gasteiger partial charge in [0.05, 0.1) is 0 Å². The number of carbonyl (C=O) groups excluding carboxylic acids is 1. The Labute approximate surface area is 155 Å². The topological polar surface area (TPSA) is 60.9 Å². The summed E-state index contributed by atoms with van der Waals surface area (Å²) < 4.78 is 39.2. The first-order valence-corrected chi connectivity index (χ1v) is 9.18. The lowest BCUT2D eigenvalue weighted by Gasteiger charge is -2.32. The Morgan fingerprint density at radius 3 is 2.33 bits per heavy atom. The fourth-order valence-electron chi connectivity index (χ4n) is 3.90. The lowest BCUT2D eigenvalue weighted by Crippen LogP contribution is -2.44. The van der Waals surface area contributed by atoms with Gasteiger partial charge >= 0.3 is 18.2 Å². The maximum atomic E-state index is 13.1. The van der Waals surface area contributed by atoms with Crippen molar-refractivity contribution in [2.24, 2.45) is 5.92 Å². The number of piperidine rings is 1. The van der Waals surface area contributed by atoms with Gasteiger partial charge in [0.25, 0.3) is 0 Å². The number of benzene rings is 1. The van der Waals surface area contributed by atoms with Crippen LogP contribution in [0.3, 0.4) is 0 Å². The fraction of sp³-hybridized carbons (Fsp3) is 0.579. The summed E-state index contributed by atoms with van der Waals surface area (Å²) in [5.74, 6) is -1.68. The van der Waals surface area contributed by atoms with Gasteiger partial charge in [-0.1, -0.05) is 30.3 Å². The maximum absolute atomic E-state index is 13.1. The number of hydrogen-bond acceptors (Lipinski definition) is 2. The van der Waals surface area contributed by atoms with Crippen LogP contribution in [0, 0.1) is 5.92 Å². The zero-order chi connectivity index (χ0) is 19.6. The quantitative estimate of drug-likeness (QED) is 0.842. The lowest BCUT2D eigenvalue weighted by atomic mass is 9.93. The van der Waals surface area contributed by atoms with E-state index in [0.29, 0.717) is 38.8 Å². The van der Waals surface area contributed by atoms with Gasteiger partial charge in [0.1, 0.15) is 0 Å². The number of amides is 2. The summed E-state index contributed by atoms with van der Waals surface area (Å²) in [6, 6.07) is 8.88. The highest BCUT2D eigenvalue weighted by molar-refractivity contribution is 5.82. The van der Waals surface area contributed by atoms with Crippen molar-refractivity contribution in [2.75, 3.05) is 19.6 Å². The number of hydrogen-bond donors (Lipinski definition) is 1. The zero-order valence-electron chi connectivity index (χ0n) is 14.9. The van der Waals surface area contributed by atoms with Crippen LogP contribution in [-0.2, 0) is 4.79 Å². The molecule has 0 aromatic heterocycles. The molecule has 0 bridgehead atoms. The van der Waals surface area contributed by atoms with Gasteiger partial charge in [-0.25, -0.2) is 4.79 Å². The molecular formula is C19H23F3N2O3. The molecule has 1 saturated carbocycles. The summed E-state index contributed by atoms with van der Waals surface area (Å²) in [7, 11) is 0. The summed E-state index contributed by atoms with van der Waals surface area (Å²) in [6.45, 7) is 0.844. The minimum absolute atomic E-state index is 0.0497. The molecule has 0 unspecified atom stereocenters. The van der Waals surface area contributed by atoms with Crippen LogP contribution >= 0.6 is 0 Å². The van der Waals surface area contributed by atoms with Gasteiger partial charge < -0.3 is 14.9 Å². The van der Waals surface area contributed by atoms with Gasteiger partial charge in [0.2, 0.25) is 0 Å². The molecule has 0 spiro atoms. The van der Waals surface area contributed by atoms with E-state index in [2.05, 4.69) is 0 Å². The molecule has 1 saturated heterocycles. The Bertz CT molecular complexity index is 673. The zero-order valence-corrected chi connectivity index (χ0v) is 14.9. The van der Waals surface area contributed by atoms with Gasteiger partial charge in [0, 0.05) is 31.6 Å². The smallest absolute Gasteiger partial charge is 0.465 e. The standard InChI is InChI=1S/C19H23F3N2O3/c20-19(21,22)17(25)24(16-12-15(16)14-4-2-1-3-5-14)11-8-13-6-9-23(10-7-13)18(26)27/h1-5,13,15-16H,6-12H2,(H,26,27)/t15-,16+/m0/s1. The molecule has 1 aromatic carbocycles. The van der Waals surface area contributed by atoms with E-state index in [1.165, 1.54) is 4.90 Å². The first-order chi connectivity index (χ1) is 12.8. The third-order valence-corrected chi connectivity index (χ3v) is 5.55. The van der Waals surface area contributed by atoms with Crippen LogP contribution in [0.15, 0.2) is 30.3 Å². The molecule has 2 atom stereocenters. The highest BCUT2D eigenvalue weighted by Crippen LogP contribution is 2.46. The third-order valence-electron chi connectivity index (χ3n) is 5.55. The van der Waals surface area contributed by atoms with Crippen molar-refractivity contribution in [2.45, 2.75) is 43.8 Å². The third kappa shape index (κ3) is 4.73. The van der Waals surface area contributed by atoms with Crippen molar-refractivity contribution in [3.63, 3.8) is 0 Å². The Balaban J connectivity index is 1.60. The molecule has 5 nitrogen and oxygen atoms in total. The second-order valence-electron chi connectivity index (χ2n) is 7.32. The van der Waals surface area contributed by atoms with Crippen molar-refractivity contribution in [3.8, 4) is 0 Å². The van der Waals surface area contributed by atoms with Crippen LogP contribution in [-0.4, -0.2) is 58.8 Å². The molecular weight excluding hydrogens is 361 g/mol. The highest BCUT2D eigenvalue weighted by atomic mass is 19.4. The van der Waals surface area contributed by atoms with Crippen LogP contribution in [0.25, 0.3) is 0 Å². The predicted octanol–water partition coefficient (Wildman–Crippen LogP) is 3.71. The Morgan fingerprint density at radius 2 is 1.78 bits per heavy atom. The van der Waals surface area contributed by atoms with E-state index in [1.807, 2.05) is 30.3 Å². The van der Waals surface area contributed by atoms with Gasteiger partial charge in [-0.2, -0.15) is 13.2 Å². The van der Waals surface area contributed by atoms with E-state index in [-0.39, 0.29) is 18.4 Å². The fourth-order valence-corrected chi connectivity index (χ4v) is 3.90. The van der Waals surface area contributed by atoms with E-state index < -0.39 is 24.2 Å². The van der Waals surface area contributed by atoms with Gasteiger partial charge in [-0.15, -0.1) is 0 Å². The van der Waals surface area contributed by atoms with Crippen LogP contribution in [0.2, 0.25) is 0 Å². The summed E-state index contributed by atoms with van der Waals surface area (Å²) in [6.07, 6.45) is -3.60.